The topological polar surface area (TPSA) is 169 Å². The number of halogens is 1. The molecule has 0 aliphatic carbocycles. The van der Waals surface area contributed by atoms with Crippen LogP contribution in [-0.4, -0.2) is 64.9 Å². The number of carbonyl (C=O) groups excluding carboxylic acids is 4. The maximum absolute atomic E-state index is 13.5. The van der Waals surface area contributed by atoms with Crippen molar-refractivity contribution in [3.8, 4) is 0 Å². The normalized spacial score (nSPS) is 12.2. The molecule has 5 rings (SSSR count). The van der Waals surface area contributed by atoms with Gasteiger partial charge < -0.3 is 31.4 Å². The summed E-state index contributed by atoms with van der Waals surface area (Å²) < 4.78 is 13.1. The highest BCUT2D eigenvalue weighted by atomic mass is 19.1. The van der Waals surface area contributed by atoms with Crippen LogP contribution in [-0.2, 0) is 43.2 Å². The second-order valence-corrected chi connectivity index (χ2v) is 12.3. The van der Waals surface area contributed by atoms with Crippen molar-refractivity contribution in [2.75, 3.05) is 13.1 Å². The fourth-order valence-corrected chi connectivity index (χ4v) is 5.83. The lowest BCUT2D eigenvalue weighted by atomic mass is 10.0. The van der Waals surface area contributed by atoms with E-state index in [1.165, 1.54) is 12.1 Å². The molecule has 6 N–H and O–H groups in total. The van der Waals surface area contributed by atoms with Gasteiger partial charge in [0.1, 0.15) is 17.9 Å². The van der Waals surface area contributed by atoms with Gasteiger partial charge in [-0.25, -0.2) is 4.39 Å². The molecule has 4 aromatic carbocycles. The van der Waals surface area contributed by atoms with E-state index in [-0.39, 0.29) is 37.5 Å². The van der Waals surface area contributed by atoms with Crippen LogP contribution >= 0.6 is 0 Å². The van der Waals surface area contributed by atoms with Gasteiger partial charge in [0.2, 0.25) is 23.6 Å². The Morgan fingerprint density at radius 3 is 1.98 bits per heavy atom. The van der Waals surface area contributed by atoms with Gasteiger partial charge in [-0.3, -0.25) is 24.0 Å². The summed E-state index contributed by atoms with van der Waals surface area (Å²) in [5.41, 5.74) is 3.55. The average molecular weight is 694 g/mol. The number of aliphatic carboxylic acids is 1. The maximum Gasteiger partial charge on any atom is 0.305 e. The minimum absolute atomic E-state index is 0.140. The Hall–Kier alpha value is -6.04. The van der Waals surface area contributed by atoms with Crippen LogP contribution in [0.1, 0.15) is 36.0 Å². The molecule has 0 radical (unpaired) electrons. The van der Waals surface area contributed by atoms with Gasteiger partial charge in [0.15, 0.2) is 0 Å². The Bertz CT molecular complexity index is 2010. The minimum atomic E-state index is -1.37. The standard InChI is InChI=1S/C39H40FN5O6/c40-30-13-10-25(11-14-30)17-19-41-39(51)34(23-37(48)49)45-36(47)16-15-35(46)44-33(22-29-24-43-32-8-4-3-7-31(29)32)38(50)42-20-18-26-9-12-27-5-1-2-6-28(27)21-26/h1-14,21,24,33-34,43H,15-20,22-23H2,(H,41,51)(H,42,50)(H,44,46)(H,45,47)(H,48,49)/t33-,34-/m0/s1. The maximum atomic E-state index is 13.5. The molecule has 11 nitrogen and oxygen atoms in total. The van der Waals surface area contributed by atoms with E-state index in [0.29, 0.717) is 19.4 Å². The molecule has 0 saturated carbocycles. The predicted molar refractivity (Wildman–Crippen MR) is 191 cm³/mol. The highest BCUT2D eigenvalue weighted by Crippen LogP contribution is 2.20. The first-order valence-corrected chi connectivity index (χ1v) is 16.8. The van der Waals surface area contributed by atoms with Gasteiger partial charge in [-0.2, -0.15) is 0 Å². The molecule has 0 spiro atoms. The number of benzene rings is 4. The van der Waals surface area contributed by atoms with E-state index in [2.05, 4.69) is 32.3 Å². The summed E-state index contributed by atoms with van der Waals surface area (Å²) in [5, 5.41) is 23.1. The first kappa shape index (κ1) is 36.2. The van der Waals surface area contributed by atoms with Crippen LogP contribution in [0.4, 0.5) is 4.39 Å². The van der Waals surface area contributed by atoms with Crippen LogP contribution in [0.2, 0.25) is 0 Å². The highest BCUT2D eigenvalue weighted by Gasteiger charge is 2.25. The number of fused-ring (bicyclic) bond motifs is 2. The molecule has 0 unspecified atom stereocenters. The number of carboxylic acid groups (broad SMARTS) is 1. The van der Waals surface area contributed by atoms with E-state index in [0.717, 1.165) is 38.4 Å². The summed E-state index contributed by atoms with van der Waals surface area (Å²) in [4.78, 5) is 66.7. The van der Waals surface area contributed by atoms with E-state index in [1.807, 2.05) is 60.7 Å². The third kappa shape index (κ3) is 10.7. The van der Waals surface area contributed by atoms with Gasteiger partial charge in [0.05, 0.1) is 6.42 Å². The van der Waals surface area contributed by atoms with Crippen LogP contribution in [0.25, 0.3) is 21.7 Å². The third-order valence-electron chi connectivity index (χ3n) is 8.51. The van der Waals surface area contributed by atoms with E-state index >= 15 is 0 Å². The number of carboxylic acids is 1. The molecular weight excluding hydrogens is 653 g/mol. The minimum Gasteiger partial charge on any atom is -0.481 e. The van der Waals surface area contributed by atoms with Gasteiger partial charge in [-0.15, -0.1) is 0 Å². The van der Waals surface area contributed by atoms with Gasteiger partial charge in [0.25, 0.3) is 0 Å². The first-order valence-electron chi connectivity index (χ1n) is 16.8. The van der Waals surface area contributed by atoms with E-state index < -0.39 is 42.2 Å². The Morgan fingerprint density at radius 1 is 0.686 bits per heavy atom. The lowest BCUT2D eigenvalue weighted by Gasteiger charge is -2.19. The molecule has 0 fully saturated rings. The second kappa shape index (κ2) is 17.6. The van der Waals surface area contributed by atoms with Crippen LogP contribution in [0, 0.1) is 5.82 Å². The number of hydrogen-bond donors (Lipinski definition) is 6. The van der Waals surface area contributed by atoms with Crippen LogP contribution in [0.3, 0.4) is 0 Å². The zero-order valence-electron chi connectivity index (χ0n) is 27.9. The van der Waals surface area contributed by atoms with Crippen molar-refractivity contribution >= 4 is 51.3 Å². The van der Waals surface area contributed by atoms with Crippen LogP contribution < -0.4 is 21.3 Å². The Balaban J connectivity index is 1.15. The highest BCUT2D eigenvalue weighted by molar-refractivity contribution is 5.93. The Morgan fingerprint density at radius 2 is 1.27 bits per heavy atom. The summed E-state index contributed by atoms with van der Waals surface area (Å²) in [5.74, 6) is -4.01. The van der Waals surface area contributed by atoms with Crippen molar-refractivity contribution in [3.63, 3.8) is 0 Å². The van der Waals surface area contributed by atoms with E-state index in [9.17, 15) is 33.5 Å². The predicted octanol–water partition coefficient (Wildman–Crippen LogP) is 3.95. The number of hydrogen-bond acceptors (Lipinski definition) is 5. The zero-order chi connectivity index (χ0) is 36.2. The molecule has 1 aromatic heterocycles. The number of aromatic amines is 1. The number of aromatic nitrogens is 1. The molecule has 264 valence electrons. The second-order valence-electron chi connectivity index (χ2n) is 12.3. The Kier molecular flexibility index (Phi) is 12.5. The summed E-state index contributed by atoms with van der Waals surface area (Å²) in [6.45, 7) is 0.484. The molecule has 5 aromatic rings. The SMILES string of the molecule is O=C(O)C[C@H](NC(=O)CCC(=O)N[C@@H](Cc1c[nH]c2ccccc12)C(=O)NCCc1ccc2ccccc2c1)C(=O)NCCc1ccc(F)cc1. The summed E-state index contributed by atoms with van der Waals surface area (Å²) >= 11 is 0. The first-order chi connectivity index (χ1) is 24.6. The molecule has 12 heteroatoms. The van der Waals surface area contributed by atoms with Crippen molar-refractivity contribution in [1.82, 2.24) is 26.3 Å². The fourth-order valence-electron chi connectivity index (χ4n) is 5.83. The number of carbonyl (C=O) groups is 5. The van der Waals surface area contributed by atoms with E-state index in [4.69, 9.17) is 0 Å². The van der Waals surface area contributed by atoms with Gasteiger partial charge in [0, 0.05) is 49.5 Å². The molecule has 51 heavy (non-hydrogen) atoms. The number of nitrogens with one attached hydrogen (secondary N) is 5. The van der Waals surface area contributed by atoms with Crippen molar-refractivity contribution in [2.24, 2.45) is 0 Å². The van der Waals surface area contributed by atoms with Gasteiger partial charge in [-0.05, 0) is 58.5 Å². The summed E-state index contributed by atoms with van der Waals surface area (Å²) in [6, 6.07) is 25.2. The van der Waals surface area contributed by atoms with E-state index in [1.54, 1.807) is 18.3 Å². The third-order valence-corrected chi connectivity index (χ3v) is 8.51. The monoisotopic (exact) mass is 693 g/mol. The Labute approximate surface area is 294 Å². The number of rotatable bonds is 17. The summed E-state index contributed by atoms with van der Waals surface area (Å²) in [7, 11) is 0. The van der Waals surface area contributed by atoms with Crippen LogP contribution in [0.5, 0.6) is 0 Å². The molecule has 4 amide bonds. The molecule has 1 heterocycles. The molecule has 0 aliphatic heterocycles. The lowest BCUT2D eigenvalue weighted by molar-refractivity contribution is -0.140. The molecular formula is C39H40FN5O6. The average Bonchev–Trinajstić information content (AvgIpc) is 3.53. The lowest BCUT2D eigenvalue weighted by Crippen LogP contribution is -2.49. The van der Waals surface area contributed by atoms with Crippen molar-refractivity contribution in [1.29, 1.82) is 0 Å². The van der Waals surface area contributed by atoms with Gasteiger partial charge >= 0.3 is 5.97 Å². The number of H-pyrrole nitrogens is 1. The van der Waals surface area contributed by atoms with Crippen molar-refractivity contribution in [3.05, 3.63) is 120 Å². The van der Waals surface area contributed by atoms with Crippen molar-refractivity contribution in [2.45, 2.75) is 50.6 Å². The quantitative estimate of drug-likeness (QED) is 0.0862. The fraction of sp³-hybridized carbons (Fsp3) is 0.256. The zero-order valence-corrected chi connectivity index (χ0v) is 27.9. The molecule has 0 saturated heterocycles. The van der Waals surface area contributed by atoms with Gasteiger partial charge in [-0.1, -0.05) is 72.8 Å². The molecule has 2 atom stereocenters. The number of amides is 4. The van der Waals surface area contributed by atoms with Crippen LogP contribution in [0.15, 0.2) is 97.2 Å². The number of para-hydroxylation sites is 1. The van der Waals surface area contributed by atoms with Crippen molar-refractivity contribution < 1.29 is 33.5 Å². The molecule has 0 bridgehead atoms. The largest absolute Gasteiger partial charge is 0.481 e. The smallest absolute Gasteiger partial charge is 0.305 e. The molecule has 0 aliphatic rings. The summed E-state index contributed by atoms with van der Waals surface area (Å²) in [6.07, 6.45) is 1.65.